The average molecular weight is 353 g/mol. The Morgan fingerprint density at radius 2 is 2.24 bits per heavy atom. The van der Waals surface area contributed by atoms with Gasteiger partial charge in [0.05, 0.1) is 11.1 Å². The molecule has 0 aliphatic carbocycles. The molecule has 0 atom stereocenters. The molecule has 1 heterocycles. The molecule has 2 N–H and O–H groups in total. The number of aromatic nitrogens is 2. The van der Waals surface area contributed by atoms with Crippen molar-refractivity contribution in [2.45, 2.75) is 26.7 Å². The second-order valence-electron chi connectivity index (χ2n) is 4.72. The molecule has 0 aliphatic heterocycles. The van der Waals surface area contributed by atoms with Gasteiger partial charge < -0.3 is 9.84 Å². The van der Waals surface area contributed by atoms with Gasteiger partial charge in [0.1, 0.15) is 17.0 Å². The largest absolute Gasteiger partial charge is 0.492 e. The highest BCUT2D eigenvalue weighted by Crippen LogP contribution is 2.32. The van der Waals surface area contributed by atoms with Crippen LogP contribution in [0.3, 0.4) is 0 Å². The molecule has 5 nitrogen and oxygen atoms in total. The van der Waals surface area contributed by atoms with Crippen LogP contribution in [0, 0.1) is 6.92 Å². The van der Waals surface area contributed by atoms with Gasteiger partial charge in [0.15, 0.2) is 0 Å². The summed E-state index contributed by atoms with van der Waals surface area (Å²) in [7, 11) is 0. The van der Waals surface area contributed by atoms with Crippen LogP contribution in [-0.4, -0.2) is 27.9 Å². The average Bonchev–Trinajstić information content (AvgIpc) is 2.82. The fourth-order valence-corrected chi connectivity index (χ4v) is 2.48. The maximum Gasteiger partial charge on any atom is 0.339 e. The number of nitrogens with zero attached hydrogens (tertiary/aromatic N) is 1. The molecule has 0 amide bonds. The van der Waals surface area contributed by atoms with Crippen molar-refractivity contribution >= 4 is 21.9 Å². The van der Waals surface area contributed by atoms with Crippen LogP contribution in [0.2, 0.25) is 0 Å². The number of hydrogen-bond donors (Lipinski definition) is 2. The summed E-state index contributed by atoms with van der Waals surface area (Å²) in [6.45, 7) is 4.46. The summed E-state index contributed by atoms with van der Waals surface area (Å²) in [6.07, 6.45) is 2.07. The summed E-state index contributed by atoms with van der Waals surface area (Å²) in [4.78, 5) is 11.3. The van der Waals surface area contributed by atoms with Gasteiger partial charge in [-0.05, 0) is 47.5 Å². The van der Waals surface area contributed by atoms with Crippen molar-refractivity contribution < 1.29 is 14.6 Å². The number of aromatic carboxylic acids is 1. The maximum absolute atomic E-state index is 11.3. The lowest BCUT2D eigenvalue weighted by Crippen LogP contribution is -2.00. The summed E-state index contributed by atoms with van der Waals surface area (Å²) < 4.78 is 6.44. The Balaban J connectivity index is 2.30. The Kier molecular flexibility index (Phi) is 5.01. The van der Waals surface area contributed by atoms with Crippen molar-refractivity contribution in [1.29, 1.82) is 0 Å². The number of unbranched alkanes of at least 4 members (excludes halogenated alkanes) is 1. The first-order valence-electron chi connectivity index (χ1n) is 6.75. The number of nitrogens with one attached hydrogen (secondary N) is 1. The first-order valence-corrected chi connectivity index (χ1v) is 7.54. The van der Waals surface area contributed by atoms with E-state index in [2.05, 4.69) is 33.1 Å². The van der Waals surface area contributed by atoms with E-state index in [9.17, 15) is 9.90 Å². The second-order valence-corrected chi connectivity index (χ2v) is 5.58. The third-order valence-corrected chi connectivity index (χ3v) is 3.74. The van der Waals surface area contributed by atoms with E-state index in [1.807, 2.05) is 18.2 Å². The minimum absolute atomic E-state index is 0.196. The number of aromatic amines is 1. The topological polar surface area (TPSA) is 75.2 Å². The third-order valence-electron chi connectivity index (χ3n) is 3.12. The lowest BCUT2D eigenvalue weighted by molar-refractivity contribution is 0.0697. The smallest absolute Gasteiger partial charge is 0.339 e. The van der Waals surface area contributed by atoms with Crippen LogP contribution in [0.1, 0.15) is 35.8 Å². The number of H-pyrrole nitrogens is 1. The van der Waals surface area contributed by atoms with Gasteiger partial charge in [0.25, 0.3) is 0 Å². The van der Waals surface area contributed by atoms with Crippen LogP contribution in [0.4, 0.5) is 0 Å². The Morgan fingerprint density at radius 3 is 2.86 bits per heavy atom. The van der Waals surface area contributed by atoms with Crippen LogP contribution in [-0.2, 0) is 0 Å². The van der Waals surface area contributed by atoms with Crippen LogP contribution >= 0.6 is 15.9 Å². The number of hydrogen-bond acceptors (Lipinski definition) is 3. The van der Waals surface area contributed by atoms with Crippen LogP contribution < -0.4 is 4.74 Å². The standard InChI is InChI=1S/C15H17BrN2O3/c1-3-4-7-21-12-6-5-10(8-11(12)16)14-13(15(19)20)9(2)17-18-14/h5-6,8H,3-4,7H2,1-2H3,(H,17,18)(H,19,20). The van der Waals surface area contributed by atoms with Crippen molar-refractivity contribution in [3.8, 4) is 17.0 Å². The van der Waals surface area contributed by atoms with Gasteiger partial charge in [0.2, 0.25) is 0 Å². The summed E-state index contributed by atoms with van der Waals surface area (Å²) in [5.74, 6) is -0.244. The quantitative estimate of drug-likeness (QED) is 0.769. The SMILES string of the molecule is CCCCOc1ccc(-c2n[nH]c(C)c2C(=O)O)cc1Br. The Labute approximate surface area is 131 Å². The summed E-state index contributed by atoms with van der Waals surface area (Å²) >= 11 is 3.45. The number of carboxylic acid groups (broad SMARTS) is 1. The first kappa shape index (κ1) is 15.6. The van der Waals surface area contributed by atoms with Crippen molar-refractivity contribution in [2.24, 2.45) is 0 Å². The maximum atomic E-state index is 11.3. The normalized spacial score (nSPS) is 10.6. The molecule has 0 saturated carbocycles. The number of ether oxygens (including phenoxy) is 1. The van der Waals surface area contributed by atoms with Crippen molar-refractivity contribution in [2.75, 3.05) is 6.61 Å². The highest BCUT2D eigenvalue weighted by Gasteiger charge is 2.19. The minimum Gasteiger partial charge on any atom is -0.492 e. The van der Waals surface area contributed by atoms with Gasteiger partial charge >= 0.3 is 5.97 Å². The molecule has 112 valence electrons. The molecule has 0 bridgehead atoms. The van der Waals surface area contributed by atoms with Gasteiger partial charge in [0, 0.05) is 11.3 Å². The van der Waals surface area contributed by atoms with Gasteiger partial charge in [-0.3, -0.25) is 5.10 Å². The molecule has 1 aromatic carbocycles. The molecule has 0 saturated heterocycles. The summed E-state index contributed by atoms with van der Waals surface area (Å²) in [5.41, 5.74) is 1.89. The van der Waals surface area contributed by atoms with E-state index >= 15 is 0 Å². The van der Waals surface area contributed by atoms with Crippen molar-refractivity contribution in [1.82, 2.24) is 10.2 Å². The molecule has 1 aromatic heterocycles. The summed E-state index contributed by atoms with van der Waals surface area (Å²) in [5, 5.41) is 16.1. The zero-order valence-corrected chi connectivity index (χ0v) is 13.5. The number of carbonyl (C=O) groups is 1. The number of aryl methyl sites for hydroxylation is 1. The lowest BCUT2D eigenvalue weighted by Gasteiger charge is -2.09. The van der Waals surface area contributed by atoms with Crippen LogP contribution in [0.5, 0.6) is 5.75 Å². The Hall–Kier alpha value is -1.82. The number of rotatable bonds is 6. The third kappa shape index (κ3) is 3.44. The van der Waals surface area contributed by atoms with E-state index in [-0.39, 0.29) is 5.56 Å². The highest BCUT2D eigenvalue weighted by molar-refractivity contribution is 9.10. The zero-order chi connectivity index (χ0) is 15.4. The van der Waals surface area contributed by atoms with Crippen molar-refractivity contribution in [3.63, 3.8) is 0 Å². The number of halogens is 1. The molecule has 2 aromatic rings. The van der Waals surface area contributed by atoms with E-state index in [4.69, 9.17) is 4.74 Å². The highest BCUT2D eigenvalue weighted by atomic mass is 79.9. The van der Waals surface area contributed by atoms with E-state index < -0.39 is 5.97 Å². The molecular formula is C15H17BrN2O3. The molecule has 0 fully saturated rings. The predicted molar refractivity (Wildman–Crippen MR) is 83.8 cm³/mol. The number of benzene rings is 1. The van der Waals surface area contributed by atoms with Gasteiger partial charge in [-0.2, -0.15) is 5.10 Å². The van der Waals surface area contributed by atoms with E-state index in [0.717, 1.165) is 28.6 Å². The van der Waals surface area contributed by atoms with E-state index in [0.29, 0.717) is 18.0 Å². The molecule has 0 spiro atoms. The van der Waals surface area contributed by atoms with Crippen LogP contribution in [0.15, 0.2) is 22.7 Å². The summed E-state index contributed by atoms with van der Waals surface area (Å²) in [6, 6.07) is 5.46. The minimum atomic E-state index is -0.990. The molecule has 21 heavy (non-hydrogen) atoms. The van der Waals surface area contributed by atoms with Gasteiger partial charge in [-0.25, -0.2) is 4.79 Å². The van der Waals surface area contributed by atoms with Crippen molar-refractivity contribution in [3.05, 3.63) is 33.9 Å². The molecular weight excluding hydrogens is 336 g/mol. The second kappa shape index (κ2) is 6.76. The Morgan fingerprint density at radius 1 is 1.48 bits per heavy atom. The van der Waals surface area contributed by atoms with Crippen LogP contribution in [0.25, 0.3) is 11.3 Å². The first-order chi connectivity index (χ1) is 10.0. The molecule has 0 aliphatic rings. The van der Waals surface area contributed by atoms with Gasteiger partial charge in [-0.15, -0.1) is 0 Å². The fourth-order valence-electron chi connectivity index (χ4n) is 1.99. The Bertz CT molecular complexity index is 652. The number of carboxylic acids is 1. The lowest BCUT2D eigenvalue weighted by atomic mass is 10.1. The molecule has 6 heteroatoms. The van der Waals surface area contributed by atoms with Gasteiger partial charge in [-0.1, -0.05) is 13.3 Å². The zero-order valence-electron chi connectivity index (χ0n) is 11.9. The fraction of sp³-hybridized carbons (Fsp3) is 0.333. The molecule has 0 radical (unpaired) electrons. The predicted octanol–water partition coefficient (Wildman–Crippen LogP) is 4.02. The molecule has 0 unspecified atom stereocenters. The monoisotopic (exact) mass is 352 g/mol. The van der Waals surface area contributed by atoms with E-state index in [1.165, 1.54) is 0 Å². The van der Waals surface area contributed by atoms with E-state index in [1.54, 1.807) is 6.92 Å². The molecule has 2 rings (SSSR count).